The lowest BCUT2D eigenvalue weighted by molar-refractivity contribution is -0.119. The Kier molecular flexibility index (Phi) is 5.35. The third kappa shape index (κ3) is 4.78. The van der Waals surface area contributed by atoms with Crippen LogP contribution in [-0.2, 0) is 4.79 Å². The van der Waals surface area contributed by atoms with Crippen LogP contribution in [0.5, 0.6) is 0 Å². The number of amides is 3. The summed E-state index contributed by atoms with van der Waals surface area (Å²) in [4.78, 5) is 23.1. The maximum atomic E-state index is 11.3. The number of nitrogens with one attached hydrogen (secondary N) is 2. The Hall–Kier alpha value is -1.69. The molecule has 3 amide bonds. The lowest BCUT2D eigenvalue weighted by Crippen LogP contribution is -2.37. The summed E-state index contributed by atoms with van der Waals surface area (Å²) in [6, 6.07) is 6.98. The fraction of sp³-hybridized carbons (Fsp3) is 0.273. The molecule has 0 aromatic heterocycles. The van der Waals surface area contributed by atoms with E-state index in [-0.39, 0.29) is 12.3 Å². The molecule has 0 unspecified atom stereocenters. The summed E-state index contributed by atoms with van der Waals surface area (Å²) in [7, 11) is 1.46. The zero-order chi connectivity index (χ0) is 12.7. The van der Waals surface area contributed by atoms with E-state index >= 15 is 0 Å². The van der Waals surface area contributed by atoms with Gasteiger partial charge in [-0.1, -0.05) is 12.1 Å². The molecule has 0 saturated carbocycles. The average molecular weight is 253 g/mol. The number of nitrogens with two attached hydrogens (primary N) is 1. The van der Waals surface area contributed by atoms with Crippen molar-refractivity contribution < 1.29 is 9.59 Å². The van der Waals surface area contributed by atoms with Crippen LogP contribution in [0.15, 0.2) is 29.2 Å². The Morgan fingerprint density at radius 1 is 1.35 bits per heavy atom. The predicted molar refractivity (Wildman–Crippen MR) is 68.8 cm³/mol. The number of thioether (sulfide) groups is 1. The third-order valence-electron chi connectivity index (χ3n) is 1.99. The molecule has 0 radical (unpaired) electrons. The summed E-state index contributed by atoms with van der Waals surface area (Å²) in [5.74, 6) is 0.281. The highest BCUT2D eigenvalue weighted by Crippen LogP contribution is 2.24. The van der Waals surface area contributed by atoms with Crippen LogP contribution in [0.25, 0.3) is 0 Å². The van der Waals surface area contributed by atoms with Gasteiger partial charge in [0.1, 0.15) is 0 Å². The number of urea groups is 1. The van der Waals surface area contributed by atoms with Crippen LogP contribution in [0.4, 0.5) is 10.5 Å². The second kappa shape index (κ2) is 6.80. The molecular formula is C11H15N3O2S. The number of carbonyl (C=O) groups is 2. The smallest absolute Gasteiger partial charge is 0.321 e. The van der Waals surface area contributed by atoms with E-state index in [0.717, 1.165) is 4.90 Å². The molecule has 0 spiro atoms. The molecule has 0 atom stereocenters. The minimum absolute atomic E-state index is 0.270. The fourth-order valence-electron chi connectivity index (χ4n) is 1.12. The Labute approximate surface area is 104 Å². The summed E-state index contributed by atoms with van der Waals surface area (Å²) in [5.41, 5.74) is 6.45. The van der Waals surface area contributed by atoms with Crippen molar-refractivity contribution in [3.8, 4) is 0 Å². The number of carbonyl (C=O) groups excluding carboxylic acids is 2. The molecule has 0 heterocycles. The molecule has 0 saturated heterocycles. The van der Waals surface area contributed by atoms with Crippen LogP contribution >= 0.6 is 11.8 Å². The third-order valence-corrected chi connectivity index (χ3v) is 3.08. The van der Waals surface area contributed by atoms with Gasteiger partial charge in [0.15, 0.2) is 0 Å². The van der Waals surface area contributed by atoms with Crippen molar-refractivity contribution in [3.63, 3.8) is 0 Å². The van der Waals surface area contributed by atoms with Crippen molar-refractivity contribution in [2.45, 2.75) is 11.3 Å². The number of anilines is 1. The molecule has 0 aliphatic heterocycles. The van der Waals surface area contributed by atoms with E-state index in [1.807, 2.05) is 24.3 Å². The molecule has 92 valence electrons. The molecule has 6 heteroatoms. The van der Waals surface area contributed by atoms with Crippen LogP contribution < -0.4 is 16.4 Å². The molecule has 0 aliphatic carbocycles. The highest BCUT2D eigenvalue weighted by molar-refractivity contribution is 7.99. The van der Waals surface area contributed by atoms with E-state index in [4.69, 9.17) is 5.73 Å². The van der Waals surface area contributed by atoms with Gasteiger partial charge in [-0.3, -0.25) is 10.1 Å². The molecule has 0 fully saturated rings. The minimum Gasteiger partial charge on any atom is -0.398 e. The molecule has 0 bridgehead atoms. The molecule has 5 nitrogen and oxygen atoms in total. The zero-order valence-corrected chi connectivity index (χ0v) is 10.3. The number of nitrogen functional groups attached to an aromatic ring is 1. The first-order chi connectivity index (χ1) is 8.13. The van der Waals surface area contributed by atoms with Crippen molar-refractivity contribution in [2.24, 2.45) is 0 Å². The van der Waals surface area contributed by atoms with Crippen molar-refractivity contribution in [3.05, 3.63) is 24.3 Å². The highest BCUT2D eigenvalue weighted by Gasteiger charge is 2.06. The van der Waals surface area contributed by atoms with Gasteiger partial charge in [-0.15, -0.1) is 11.8 Å². The Bertz CT molecular complexity index is 409. The topological polar surface area (TPSA) is 84.2 Å². The van der Waals surface area contributed by atoms with Crippen LogP contribution in [0.2, 0.25) is 0 Å². The van der Waals surface area contributed by atoms with Crippen molar-refractivity contribution in [1.82, 2.24) is 10.6 Å². The molecule has 17 heavy (non-hydrogen) atoms. The second-order valence-electron chi connectivity index (χ2n) is 3.26. The Morgan fingerprint density at radius 3 is 2.71 bits per heavy atom. The molecular weight excluding hydrogens is 238 g/mol. The van der Waals surface area contributed by atoms with Crippen LogP contribution in [0, 0.1) is 0 Å². The molecule has 1 aromatic carbocycles. The van der Waals surface area contributed by atoms with E-state index in [1.165, 1.54) is 18.8 Å². The number of rotatable bonds is 4. The van der Waals surface area contributed by atoms with Gasteiger partial charge < -0.3 is 11.1 Å². The van der Waals surface area contributed by atoms with Gasteiger partial charge in [0.2, 0.25) is 5.91 Å². The number of para-hydroxylation sites is 1. The lowest BCUT2D eigenvalue weighted by atomic mass is 10.3. The summed E-state index contributed by atoms with van der Waals surface area (Å²) in [6.07, 6.45) is 0.270. The van der Waals surface area contributed by atoms with Gasteiger partial charge in [0.25, 0.3) is 0 Å². The number of imide groups is 1. The molecule has 4 N–H and O–H groups in total. The quantitative estimate of drug-likeness (QED) is 0.556. The van der Waals surface area contributed by atoms with E-state index in [1.54, 1.807) is 0 Å². The van der Waals surface area contributed by atoms with Gasteiger partial charge >= 0.3 is 6.03 Å². The van der Waals surface area contributed by atoms with Crippen LogP contribution in [-0.4, -0.2) is 24.7 Å². The first-order valence-corrected chi connectivity index (χ1v) is 6.11. The maximum absolute atomic E-state index is 11.3. The second-order valence-corrected chi connectivity index (χ2v) is 4.40. The zero-order valence-electron chi connectivity index (χ0n) is 9.53. The number of benzene rings is 1. The van der Waals surface area contributed by atoms with Gasteiger partial charge in [-0.25, -0.2) is 4.79 Å². The Morgan fingerprint density at radius 2 is 2.06 bits per heavy atom. The average Bonchev–Trinajstić information content (AvgIpc) is 2.31. The highest BCUT2D eigenvalue weighted by atomic mass is 32.2. The largest absolute Gasteiger partial charge is 0.398 e. The lowest BCUT2D eigenvalue weighted by Gasteiger charge is -2.05. The first kappa shape index (κ1) is 13.4. The van der Waals surface area contributed by atoms with Crippen molar-refractivity contribution in [1.29, 1.82) is 0 Å². The van der Waals surface area contributed by atoms with Gasteiger partial charge in [0.05, 0.1) is 0 Å². The summed E-state index contributed by atoms with van der Waals surface area (Å²) < 4.78 is 0. The number of hydrogen-bond donors (Lipinski definition) is 3. The first-order valence-electron chi connectivity index (χ1n) is 5.12. The molecule has 1 aromatic rings. The minimum atomic E-state index is -0.487. The van der Waals surface area contributed by atoms with Crippen LogP contribution in [0.1, 0.15) is 6.42 Å². The maximum Gasteiger partial charge on any atom is 0.321 e. The van der Waals surface area contributed by atoms with Gasteiger partial charge in [-0.2, -0.15) is 0 Å². The summed E-state index contributed by atoms with van der Waals surface area (Å²) >= 11 is 1.49. The monoisotopic (exact) mass is 253 g/mol. The van der Waals surface area contributed by atoms with Crippen molar-refractivity contribution in [2.75, 3.05) is 18.5 Å². The van der Waals surface area contributed by atoms with Gasteiger partial charge in [-0.05, 0) is 12.1 Å². The SMILES string of the molecule is CNC(=O)NC(=O)CCSc1ccccc1N. The van der Waals surface area contributed by atoms with E-state index in [9.17, 15) is 9.59 Å². The van der Waals surface area contributed by atoms with E-state index in [0.29, 0.717) is 11.4 Å². The summed E-state index contributed by atoms with van der Waals surface area (Å²) in [6.45, 7) is 0. The normalized spacial score (nSPS) is 9.71. The Balaban J connectivity index is 2.31. The van der Waals surface area contributed by atoms with E-state index in [2.05, 4.69) is 10.6 Å². The van der Waals surface area contributed by atoms with Crippen molar-refractivity contribution >= 4 is 29.4 Å². The summed E-state index contributed by atoms with van der Waals surface area (Å²) in [5, 5.41) is 4.51. The predicted octanol–water partition coefficient (Wildman–Crippen LogP) is 1.21. The van der Waals surface area contributed by atoms with Gasteiger partial charge in [0, 0.05) is 29.8 Å². The number of hydrogen-bond acceptors (Lipinski definition) is 4. The molecule has 1 rings (SSSR count). The van der Waals surface area contributed by atoms with Crippen LogP contribution in [0.3, 0.4) is 0 Å². The van der Waals surface area contributed by atoms with E-state index < -0.39 is 6.03 Å². The molecule has 0 aliphatic rings. The fourth-order valence-corrected chi connectivity index (χ4v) is 2.03. The standard InChI is InChI=1S/C11H15N3O2S/c1-13-11(16)14-10(15)6-7-17-9-5-3-2-4-8(9)12/h2-5H,6-7,12H2,1H3,(H2,13,14,15,16).